The number of ether oxygens (including phenoxy) is 6. The number of carbonyl (C=O) groups is 7. The van der Waals surface area contributed by atoms with Crippen LogP contribution in [0.5, 0.6) is 11.5 Å². The van der Waals surface area contributed by atoms with Crippen molar-refractivity contribution in [2.24, 2.45) is 23.7 Å². The third-order valence-electron chi connectivity index (χ3n) is 14.6. The second-order valence-corrected chi connectivity index (χ2v) is 20.8. The number of aliphatic hydroxyl groups is 2. The Balaban J connectivity index is 1.46. The maximum absolute atomic E-state index is 14.7. The number of likely N-dealkylation sites (N-methyl/N-ethyl adjacent to an activating group) is 2. The van der Waals surface area contributed by atoms with Crippen LogP contribution < -0.4 is 20.1 Å². The highest BCUT2D eigenvalue weighted by atomic mass is 16.7. The number of benzene rings is 2. The molecule has 2 aliphatic rings. The first kappa shape index (κ1) is 64.0. The van der Waals surface area contributed by atoms with E-state index in [9.17, 15) is 54.0 Å². The molecule has 2 fully saturated rings. The molecule has 0 bridgehead atoms. The topological polar surface area (TPSA) is 290 Å². The van der Waals surface area contributed by atoms with Crippen molar-refractivity contribution in [3.05, 3.63) is 59.7 Å². The number of carbonyl (C=O) groups excluding carboxylic acids is 5. The molecule has 0 aromatic heterocycles. The third-order valence-corrected chi connectivity index (χ3v) is 14.6. The molecule has 9 unspecified atom stereocenters. The SMILES string of the molecule is C#CCOc1cc(O[C@H]2CC(O)C(O)C(C(=O)O)O2)ccc1COC(=O)N(C)[C@H](C(=O)NC(C(=O)N(C)C(C(C)CC)[C@@H](CC(=O)N1CCC[C@H]1C(OC)C(C)C(=O)NC(Cc1ccccc1)C(=O)O)OC)C(C)C)C(C)C. The van der Waals surface area contributed by atoms with E-state index in [1.54, 1.807) is 70.8 Å². The van der Waals surface area contributed by atoms with Gasteiger partial charge in [-0.1, -0.05) is 91.1 Å². The summed E-state index contributed by atoms with van der Waals surface area (Å²) in [5, 5.41) is 45.2. The predicted octanol–water partition coefficient (Wildman–Crippen LogP) is 3.47. The van der Waals surface area contributed by atoms with Crippen LogP contribution in [-0.2, 0) is 60.7 Å². The van der Waals surface area contributed by atoms with Gasteiger partial charge in [0.25, 0.3) is 0 Å². The molecular formula is C56H81N5O17. The van der Waals surface area contributed by atoms with Crippen molar-refractivity contribution in [2.75, 3.05) is 41.5 Å². The van der Waals surface area contributed by atoms with Crippen molar-refractivity contribution >= 4 is 41.7 Å². The van der Waals surface area contributed by atoms with Crippen molar-refractivity contribution in [1.82, 2.24) is 25.3 Å². The van der Waals surface area contributed by atoms with Gasteiger partial charge in [-0.05, 0) is 48.3 Å². The summed E-state index contributed by atoms with van der Waals surface area (Å²) in [6.07, 6.45) is -1.62. The number of amides is 5. The summed E-state index contributed by atoms with van der Waals surface area (Å²) >= 11 is 0. The predicted molar refractivity (Wildman–Crippen MR) is 284 cm³/mol. The van der Waals surface area contributed by atoms with Crippen LogP contribution in [-0.4, -0.2) is 185 Å². The fraction of sp³-hybridized carbons (Fsp3) is 0.625. The maximum atomic E-state index is 14.7. The lowest BCUT2D eigenvalue weighted by molar-refractivity contribution is -0.228. The number of hydrogen-bond acceptors (Lipinski definition) is 15. The smallest absolute Gasteiger partial charge is 0.410 e. The van der Waals surface area contributed by atoms with Crippen LogP contribution in [0.25, 0.3) is 0 Å². The van der Waals surface area contributed by atoms with Crippen LogP contribution in [0, 0.1) is 36.0 Å². The third kappa shape index (κ3) is 16.8. The van der Waals surface area contributed by atoms with E-state index >= 15 is 0 Å². The van der Waals surface area contributed by atoms with Gasteiger partial charge in [0.1, 0.15) is 48.9 Å². The molecule has 13 atom stereocenters. The minimum atomic E-state index is -1.73. The zero-order chi connectivity index (χ0) is 58.1. The van der Waals surface area contributed by atoms with E-state index in [-0.39, 0.29) is 55.8 Å². The molecule has 0 saturated carbocycles. The van der Waals surface area contributed by atoms with Gasteiger partial charge in [0.2, 0.25) is 29.9 Å². The Bertz CT molecular complexity index is 2380. The number of methoxy groups -OCH3 is 2. The number of carboxylic acids is 2. The number of rotatable bonds is 28. The Kier molecular flexibility index (Phi) is 24.6. The van der Waals surface area contributed by atoms with Gasteiger partial charge < -0.3 is 69.3 Å². The number of aliphatic hydroxyl groups excluding tert-OH is 2. The van der Waals surface area contributed by atoms with Crippen LogP contribution >= 0.6 is 0 Å². The minimum Gasteiger partial charge on any atom is -0.480 e. The standard InChI is InChI=1S/C56H81N5O17/c1-13-25-75-41-27-37(77-44-28-40(62)48(64)50(78-44)55(70)71)23-22-36(41)30-76-56(72)60(10)46(32(5)6)52(66)58-45(31(3)4)53(67)59(9)47(33(7)14-2)42(73-11)29-43(63)61-24-18-21-39(61)49(74-12)34(8)51(65)57-38(54(68)69)26-35-19-16-15-17-20-35/h1,15-17,19-20,22-23,27,31-34,38-40,42,44-50,62,64H,14,18,21,24-26,28-30H2,2-12H3,(H,57,65)(H,58,66)(H,68,69)(H,70,71)/t33?,34?,38?,39-,40?,42+,44+,45?,46-,47?,48?,49?,50?/m0/s1. The highest BCUT2D eigenvalue weighted by Crippen LogP contribution is 2.32. The summed E-state index contributed by atoms with van der Waals surface area (Å²) in [5.41, 5.74) is 1.09. The van der Waals surface area contributed by atoms with Crippen molar-refractivity contribution in [3.63, 3.8) is 0 Å². The summed E-state index contributed by atoms with van der Waals surface area (Å²) in [6, 6.07) is 8.79. The molecule has 0 aliphatic carbocycles. The number of nitrogens with zero attached hydrogens (tertiary/aromatic N) is 3. The molecule has 2 aliphatic heterocycles. The normalized spacial score (nSPS) is 21.4. The van der Waals surface area contributed by atoms with E-state index in [1.165, 1.54) is 44.4 Å². The number of terminal acetylenes is 1. The van der Waals surface area contributed by atoms with Gasteiger partial charge in [0, 0.05) is 59.3 Å². The second-order valence-electron chi connectivity index (χ2n) is 20.8. The van der Waals surface area contributed by atoms with Gasteiger partial charge in [-0.25, -0.2) is 14.4 Å². The van der Waals surface area contributed by atoms with Crippen LogP contribution in [0.4, 0.5) is 4.79 Å². The lowest BCUT2D eigenvalue weighted by Crippen LogP contribution is -2.60. The van der Waals surface area contributed by atoms with Crippen LogP contribution in [0.2, 0.25) is 0 Å². The molecule has 78 heavy (non-hydrogen) atoms. The van der Waals surface area contributed by atoms with E-state index in [1.807, 2.05) is 19.9 Å². The van der Waals surface area contributed by atoms with E-state index in [2.05, 4.69) is 16.6 Å². The Morgan fingerprint density at radius 2 is 1.58 bits per heavy atom. The molecule has 0 spiro atoms. The zero-order valence-electron chi connectivity index (χ0n) is 46.7. The van der Waals surface area contributed by atoms with E-state index < -0.39 is 121 Å². The Morgan fingerprint density at radius 3 is 2.15 bits per heavy atom. The Morgan fingerprint density at radius 1 is 0.897 bits per heavy atom. The number of nitrogens with one attached hydrogen (secondary N) is 2. The number of hydrogen-bond donors (Lipinski definition) is 6. The molecular weight excluding hydrogens is 1010 g/mol. The van der Waals surface area contributed by atoms with Crippen LogP contribution in [0.1, 0.15) is 91.7 Å². The molecule has 22 heteroatoms. The summed E-state index contributed by atoms with van der Waals surface area (Å²) in [7, 11) is 5.93. The van der Waals surface area contributed by atoms with Crippen molar-refractivity contribution in [3.8, 4) is 23.8 Å². The molecule has 2 heterocycles. The largest absolute Gasteiger partial charge is 0.480 e. The monoisotopic (exact) mass is 1100 g/mol. The number of aliphatic carboxylic acids is 2. The summed E-state index contributed by atoms with van der Waals surface area (Å²) in [4.78, 5) is 99.0. The van der Waals surface area contributed by atoms with E-state index in [0.29, 0.717) is 31.4 Å². The Labute approximate surface area is 457 Å². The van der Waals surface area contributed by atoms with Gasteiger partial charge in [-0.3, -0.25) is 24.1 Å². The molecule has 2 aromatic rings. The lowest BCUT2D eigenvalue weighted by Gasteiger charge is -2.41. The molecule has 2 aromatic carbocycles. The average Bonchev–Trinajstić information content (AvgIpc) is 3.89. The lowest BCUT2D eigenvalue weighted by atomic mass is 9.89. The highest BCUT2D eigenvalue weighted by molar-refractivity contribution is 5.92. The fourth-order valence-electron chi connectivity index (χ4n) is 10.2. The van der Waals surface area contributed by atoms with Crippen molar-refractivity contribution in [1.29, 1.82) is 0 Å². The molecule has 4 rings (SSSR count). The number of carboxylic acid groups (broad SMARTS) is 2. The Hall–Kier alpha value is -6.51. The first-order chi connectivity index (χ1) is 36.9. The molecule has 5 amide bonds. The maximum Gasteiger partial charge on any atom is 0.410 e. The van der Waals surface area contributed by atoms with Gasteiger partial charge in [-0.2, -0.15) is 0 Å². The molecule has 6 N–H and O–H groups in total. The first-order valence-corrected chi connectivity index (χ1v) is 26.4. The zero-order valence-corrected chi connectivity index (χ0v) is 46.7. The summed E-state index contributed by atoms with van der Waals surface area (Å²) in [6.45, 7) is 12.4. The summed E-state index contributed by atoms with van der Waals surface area (Å²) < 4.78 is 34.4. The van der Waals surface area contributed by atoms with Gasteiger partial charge >= 0.3 is 18.0 Å². The van der Waals surface area contributed by atoms with Gasteiger partial charge in [-0.15, -0.1) is 6.42 Å². The number of likely N-dealkylation sites (tertiary alicyclic amines) is 1. The van der Waals surface area contributed by atoms with Gasteiger partial charge in [0.15, 0.2) is 6.10 Å². The summed E-state index contributed by atoms with van der Waals surface area (Å²) in [5.74, 6) is -3.88. The molecule has 2 saturated heterocycles. The van der Waals surface area contributed by atoms with Crippen LogP contribution in [0.15, 0.2) is 48.5 Å². The van der Waals surface area contributed by atoms with E-state index in [0.717, 1.165) is 10.5 Å². The average molecular weight is 1100 g/mol. The van der Waals surface area contributed by atoms with Crippen molar-refractivity contribution < 1.29 is 82.4 Å². The van der Waals surface area contributed by atoms with Gasteiger partial charge in [0.05, 0.1) is 42.7 Å². The fourth-order valence-corrected chi connectivity index (χ4v) is 10.2. The minimum absolute atomic E-state index is 0.0802. The first-order valence-electron chi connectivity index (χ1n) is 26.4. The molecule has 22 nitrogen and oxygen atoms in total. The van der Waals surface area contributed by atoms with Crippen molar-refractivity contribution in [2.45, 2.75) is 161 Å². The second kappa shape index (κ2) is 30.0. The highest BCUT2D eigenvalue weighted by Gasteiger charge is 2.45. The van der Waals surface area contributed by atoms with Crippen LogP contribution in [0.3, 0.4) is 0 Å². The molecule has 0 radical (unpaired) electrons. The molecule has 432 valence electrons. The van der Waals surface area contributed by atoms with E-state index in [4.69, 9.17) is 34.8 Å². The quantitative estimate of drug-likeness (QED) is 0.0665.